The number of aromatic nitrogens is 1. The van der Waals surface area contributed by atoms with Crippen molar-refractivity contribution in [3.8, 4) is 0 Å². The maximum absolute atomic E-state index is 5.12. The summed E-state index contributed by atoms with van der Waals surface area (Å²) in [5.74, 6) is 1.66. The molecule has 0 amide bonds. The largest absolute Gasteiger partial charge is 0.360 e. The van der Waals surface area contributed by atoms with Crippen LogP contribution in [-0.4, -0.2) is 36.2 Å². The van der Waals surface area contributed by atoms with Crippen molar-refractivity contribution in [3.05, 3.63) is 18.0 Å². The number of piperidine rings is 1. The fourth-order valence-corrected chi connectivity index (χ4v) is 2.35. The lowest BCUT2D eigenvalue weighted by molar-refractivity contribution is 0.133. The molecular formula is C11H19N3O. The second kappa shape index (κ2) is 4.77. The summed E-state index contributed by atoms with van der Waals surface area (Å²) in [5, 5.41) is 7.09. The van der Waals surface area contributed by atoms with Crippen LogP contribution in [-0.2, 0) is 6.54 Å². The van der Waals surface area contributed by atoms with E-state index < -0.39 is 0 Å². The second-order valence-electron chi connectivity index (χ2n) is 4.37. The highest BCUT2D eigenvalue weighted by atomic mass is 16.5. The van der Waals surface area contributed by atoms with Gasteiger partial charge in [0.1, 0.15) is 0 Å². The summed E-state index contributed by atoms with van der Waals surface area (Å²) in [6, 6.07) is 2.60. The first kappa shape index (κ1) is 10.6. The van der Waals surface area contributed by atoms with E-state index in [2.05, 4.69) is 22.3 Å². The third-order valence-corrected chi connectivity index (χ3v) is 3.23. The molecular weight excluding hydrogens is 190 g/mol. The van der Waals surface area contributed by atoms with Gasteiger partial charge in [0.15, 0.2) is 5.76 Å². The minimum Gasteiger partial charge on any atom is -0.360 e. The summed E-state index contributed by atoms with van der Waals surface area (Å²) in [6.45, 7) is 5.46. The van der Waals surface area contributed by atoms with Crippen LogP contribution in [0.15, 0.2) is 16.8 Å². The van der Waals surface area contributed by atoms with E-state index in [1.54, 1.807) is 6.20 Å². The highest BCUT2D eigenvalue weighted by Gasteiger charge is 2.24. The van der Waals surface area contributed by atoms with Gasteiger partial charge in [-0.15, -0.1) is 0 Å². The molecule has 15 heavy (non-hydrogen) atoms. The van der Waals surface area contributed by atoms with Crippen LogP contribution in [0.25, 0.3) is 0 Å². The summed E-state index contributed by atoms with van der Waals surface area (Å²) in [6.07, 6.45) is 2.92. The van der Waals surface area contributed by atoms with E-state index in [-0.39, 0.29) is 0 Å². The molecule has 1 aromatic rings. The summed E-state index contributed by atoms with van der Waals surface area (Å²) in [5.41, 5.74) is 0. The molecule has 1 aromatic heterocycles. The number of nitrogens with zero attached hydrogens (tertiary/aromatic N) is 2. The minimum atomic E-state index is 0.663. The lowest BCUT2D eigenvalue weighted by Crippen LogP contribution is -2.46. The van der Waals surface area contributed by atoms with Gasteiger partial charge in [0.2, 0.25) is 0 Å². The molecule has 4 nitrogen and oxygen atoms in total. The third-order valence-electron chi connectivity index (χ3n) is 3.23. The topological polar surface area (TPSA) is 41.3 Å². The zero-order valence-electron chi connectivity index (χ0n) is 9.44. The van der Waals surface area contributed by atoms with E-state index in [9.17, 15) is 0 Å². The number of likely N-dealkylation sites (tertiary alicyclic amines) is 1. The summed E-state index contributed by atoms with van der Waals surface area (Å²) in [4.78, 5) is 2.43. The fourth-order valence-electron chi connectivity index (χ4n) is 2.35. The second-order valence-corrected chi connectivity index (χ2v) is 4.37. The van der Waals surface area contributed by atoms with Gasteiger partial charge in [-0.1, -0.05) is 12.1 Å². The van der Waals surface area contributed by atoms with Crippen LogP contribution in [0.3, 0.4) is 0 Å². The van der Waals surface area contributed by atoms with Crippen molar-refractivity contribution in [1.29, 1.82) is 0 Å². The first-order valence-corrected chi connectivity index (χ1v) is 5.58. The monoisotopic (exact) mass is 209 g/mol. The van der Waals surface area contributed by atoms with Gasteiger partial charge in [0, 0.05) is 25.2 Å². The molecule has 2 unspecified atom stereocenters. The van der Waals surface area contributed by atoms with Crippen LogP contribution in [0.5, 0.6) is 0 Å². The van der Waals surface area contributed by atoms with Crippen molar-refractivity contribution in [2.75, 3.05) is 20.1 Å². The fraction of sp³-hybridized carbons (Fsp3) is 0.727. The number of rotatable bonds is 3. The van der Waals surface area contributed by atoms with E-state index in [4.69, 9.17) is 4.52 Å². The molecule has 0 bridgehead atoms. The molecule has 4 heteroatoms. The molecule has 2 heterocycles. The normalized spacial score (nSPS) is 28.1. The van der Waals surface area contributed by atoms with Gasteiger partial charge < -0.3 is 9.84 Å². The van der Waals surface area contributed by atoms with Crippen LogP contribution in [0.2, 0.25) is 0 Å². The van der Waals surface area contributed by atoms with Crippen LogP contribution < -0.4 is 5.32 Å². The smallest absolute Gasteiger partial charge is 0.150 e. The maximum Gasteiger partial charge on any atom is 0.150 e. The first-order chi connectivity index (χ1) is 7.29. The zero-order chi connectivity index (χ0) is 10.7. The lowest BCUT2D eigenvalue weighted by Gasteiger charge is -2.36. The Balaban J connectivity index is 1.86. The van der Waals surface area contributed by atoms with E-state index in [0.717, 1.165) is 25.4 Å². The molecule has 2 rings (SSSR count). The molecule has 0 aliphatic carbocycles. The van der Waals surface area contributed by atoms with Crippen molar-refractivity contribution in [2.24, 2.45) is 5.92 Å². The summed E-state index contributed by atoms with van der Waals surface area (Å²) in [7, 11) is 2.05. The Morgan fingerprint density at radius 3 is 3.13 bits per heavy atom. The van der Waals surface area contributed by atoms with E-state index in [0.29, 0.717) is 12.0 Å². The number of hydrogen-bond donors (Lipinski definition) is 1. The van der Waals surface area contributed by atoms with Crippen molar-refractivity contribution in [2.45, 2.75) is 25.9 Å². The Morgan fingerprint density at radius 1 is 1.67 bits per heavy atom. The van der Waals surface area contributed by atoms with Crippen LogP contribution in [0.4, 0.5) is 0 Å². The van der Waals surface area contributed by atoms with Gasteiger partial charge in [0.25, 0.3) is 0 Å². The molecule has 0 radical (unpaired) electrons. The van der Waals surface area contributed by atoms with Gasteiger partial charge in [-0.2, -0.15) is 0 Å². The Bertz CT molecular complexity index is 286. The van der Waals surface area contributed by atoms with Gasteiger partial charge in [0.05, 0.1) is 12.7 Å². The van der Waals surface area contributed by atoms with Gasteiger partial charge in [-0.05, 0) is 19.4 Å². The molecule has 0 saturated carbocycles. The first-order valence-electron chi connectivity index (χ1n) is 5.58. The molecule has 2 atom stereocenters. The van der Waals surface area contributed by atoms with E-state index >= 15 is 0 Å². The summed E-state index contributed by atoms with van der Waals surface area (Å²) < 4.78 is 5.12. The van der Waals surface area contributed by atoms with Gasteiger partial charge in [-0.3, -0.25) is 4.90 Å². The highest BCUT2D eigenvalue weighted by Crippen LogP contribution is 2.18. The highest BCUT2D eigenvalue weighted by molar-refractivity contribution is 4.94. The SMILES string of the molecule is CNC1CCN(Cc2ccno2)CC1C. The molecule has 0 spiro atoms. The quantitative estimate of drug-likeness (QED) is 0.809. The lowest BCUT2D eigenvalue weighted by atomic mass is 9.94. The Morgan fingerprint density at radius 2 is 2.53 bits per heavy atom. The van der Waals surface area contributed by atoms with Crippen molar-refractivity contribution >= 4 is 0 Å². The molecule has 84 valence electrons. The maximum atomic E-state index is 5.12. The molecule has 1 fully saturated rings. The van der Waals surface area contributed by atoms with Crippen molar-refractivity contribution in [3.63, 3.8) is 0 Å². The van der Waals surface area contributed by atoms with Crippen LogP contribution in [0, 0.1) is 5.92 Å². The minimum absolute atomic E-state index is 0.663. The Hall–Kier alpha value is -0.870. The van der Waals surface area contributed by atoms with Gasteiger partial charge >= 0.3 is 0 Å². The Labute approximate surface area is 90.6 Å². The third kappa shape index (κ3) is 2.58. The molecule has 1 N–H and O–H groups in total. The van der Waals surface area contributed by atoms with Crippen molar-refractivity contribution in [1.82, 2.24) is 15.4 Å². The summed E-state index contributed by atoms with van der Waals surface area (Å²) >= 11 is 0. The standard InChI is InChI=1S/C11H19N3O/c1-9-7-14(6-4-11(9)12-2)8-10-3-5-13-15-10/h3,5,9,11-12H,4,6-8H2,1-2H3. The predicted molar refractivity (Wildman–Crippen MR) is 58.4 cm³/mol. The van der Waals surface area contributed by atoms with Crippen LogP contribution >= 0.6 is 0 Å². The molecule has 0 aromatic carbocycles. The van der Waals surface area contributed by atoms with Crippen molar-refractivity contribution < 1.29 is 4.52 Å². The molecule has 1 aliphatic rings. The average Bonchev–Trinajstić information content (AvgIpc) is 2.71. The Kier molecular flexibility index (Phi) is 3.38. The molecule has 1 aliphatic heterocycles. The van der Waals surface area contributed by atoms with E-state index in [1.807, 2.05) is 13.1 Å². The average molecular weight is 209 g/mol. The van der Waals surface area contributed by atoms with Gasteiger partial charge in [-0.25, -0.2) is 0 Å². The number of hydrogen-bond acceptors (Lipinski definition) is 4. The van der Waals surface area contributed by atoms with Crippen LogP contribution in [0.1, 0.15) is 19.1 Å². The predicted octanol–water partition coefficient (Wildman–Crippen LogP) is 1.10. The van der Waals surface area contributed by atoms with E-state index in [1.165, 1.54) is 6.42 Å². The zero-order valence-corrected chi connectivity index (χ0v) is 9.44. The molecule has 1 saturated heterocycles. The number of nitrogens with one attached hydrogen (secondary N) is 1.